The molecule has 0 aliphatic rings. The van der Waals surface area contributed by atoms with E-state index in [4.69, 9.17) is 4.74 Å². The predicted molar refractivity (Wildman–Crippen MR) is 63.9 cm³/mol. The highest BCUT2D eigenvalue weighted by Crippen LogP contribution is 2.13. The fourth-order valence-electron chi connectivity index (χ4n) is 1.49. The second kappa shape index (κ2) is 4.82. The first kappa shape index (κ1) is 11.4. The monoisotopic (exact) mass is 233 g/mol. The highest BCUT2D eigenvalue weighted by molar-refractivity contribution is 5.38. The second-order valence-electron chi connectivity index (χ2n) is 3.72. The summed E-state index contributed by atoms with van der Waals surface area (Å²) in [6, 6.07) is 1.77. The van der Waals surface area contributed by atoms with Crippen molar-refractivity contribution < 1.29 is 4.74 Å². The molecular weight excluding hydrogens is 218 g/mol. The summed E-state index contributed by atoms with van der Waals surface area (Å²) in [6.45, 7) is 2.51. The van der Waals surface area contributed by atoms with Gasteiger partial charge in [0.15, 0.2) is 0 Å². The highest BCUT2D eigenvalue weighted by Gasteiger charge is 2.02. The van der Waals surface area contributed by atoms with Gasteiger partial charge in [0.05, 0.1) is 13.3 Å². The first-order valence-electron chi connectivity index (χ1n) is 5.28. The molecule has 2 rings (SSSR count). The van der Waals surface area contributed by atoms with Gasteiger partial charge in [0.1, 0.15) is 11.6 Å². The molecule has 0 atom stereocenters. The SMILES string of the molecule is COc1cc(NCc2cnn(C)c2)nc(C)n1. The zero-order valence-corrected chi connectivity index (χ0v) is 10.1. The standard InChI is InChI=1S/C11H15N5O/c1-8-14-10(4-11(15-8)17-3)12-5-9-6-13-16(2)7-9/h4,6-7H,5H2,1-3H3,(H,12,14,15). The molecule has 0 aliphatic carbocycles. The van der Waals surface area contributed by atoms with Crippen molar-refractivity contribution >= 4 is 5.82 Å². The molecule has 6 heteroatoms. The molecule has 0 spiro atoms. The third kappa shape index (κ3) is 2.93. The Kier molecular flexibility index (Phi) is 3.22. The van der Waals surface area contributed by atoms with Gasteiger partial charge in [-0.3, -0.25) is 4.68 Å². The Hall–Kier alpha value is -2.11. The number of rotatable bonds is 4. The Labute approximate surface area is 99.7 Å². The lowest BCUT2D eigenvalue weighted by molar-refractivity contribution is 0.396. The van der Waals surface area contributed by atoms with E-state index < -0.39 is 0 Å². The topological polar surface area (TPSA) is 64.9 Å². The van der Waals surface area contributed by atoms with Crippen molar-refractivity contribution in [1.82, 2.24) is 19.7 Å². The summed E-state index contributed by atoms with van der Waals surface area (Å²) in [6.07, 6.45) is 3.77. The normalized spacial score (nSPS) is 10.3. The summed E-state index contributed by atoms with van der Waals surface area (Å²) in [7, 11) is 3.48. The predicted octanol–water partition coefficient (Wildman–Crippen LogP) is 1.14. The van der Waals surface area contributed by atoms with Crippen molar-refractivity contribution in [3.8, 4) is 5.88 Å². The van der Waals surface area contributed by atoms with E-state index in [1.54, 1.807) is 17.9 Å². The molecule has 0 aliphatic heterocycles. The molecule has 0 aromatic carbocycles. The first-order valence-corrected chi connectivity index (χ1v) is 5.28. The third-order valence-electron chi connectivity index (χ3n) is 2.26. The minimum Gasteiger partial charge on any atom is -0.481 e. The number of aryl methyl sites for hydroxylation is 2. The lowest BCUT2D eigenvalue weighted by Crippen LogP contribution is -2.03. The van der Waals surface area contributed by atoms with E-state index in [0.29, 0.717) is 18.2 Å². The Morgan fingerprint density at radius 3 is 2.88 bits per heavy atom. The Morgan fingerprint density at radius 1 is 1.41 bits per heavy atom. The minimum atomic E-state index is 0.561. The van der Waals surface area contributed by atoms with Gasteiger partial charge in [-0.15, -0.1) is 0 Å². The molecule has 90 valence electrons. The van der Waals surface area contributed by atoms with Gasteiger partial charge in [-0.2, -0.15) is 10.1 Å². The molecule has 0 fully saturated rings. The zero-order valence-electron chi connectivity index (χ0n) is 10.1. The largest absolute Gasteiger partial charge is 0.481 e. The van der Waals surface area contributed by atoms with Crippen LogP contribution >= 0.6 is 0 Å². The van der Waals surface area contributed by atoms with Crippen LogP contribution in [0.5, 0.6) is 5.88 Å². The van der Waals surface area contributed by atoms with Crippen molar-refractivity contribution in [1.29, 1.82) is 0 Å². The average Bonchev–Trinajstić information content (AvgIpc) is 2.72. The van der Waals surface area contributed by atoms with Crippen LogP contribution in [-0.2, 0) is 13.6 Å². The number of hydrogen-bond acceptors (Lipinski definition) is 5. The van der Waals surface area contributed by atoms with Crippen LogP contribution in [0.2, 0.25) is 0 Å². The van der Waals surface area contributed by atoms with E-state index in [1.807, 2.05) is 26.4 Å². The van der Waals surface area contributed by atoms with Gasteiger partial charge in [-0.25, -0.2) is 4.98 Å². The fraction of sp³-hybridized carbons (Fsp3) is 0.364. The number of methoxy groups -OCH3 is 1. The van der Waals surface area contributed by atoms with E-state index in [9.17, 15) is 0 Å². The van der Waals surface area contributed by atoms with Crippen molar-refractivity contribution in [3.05, 3.63) is 29.8 Å². The fourth-order valence-corrected chi connectivity index (χ4v) is 1.49. The van der Waals surface area contributed by atoms with E-state index in [-0.39, 0.29) is 0 Å². The summed E-state index contributed by atoms with van der Waals surface area (Å²) in [5, 5.41) is 7.30. The van der Waals surface area contributed by atoms with Crippen molar-refractivity contribution in [3.63, 3.8) is 0 Å². The van der Waals surface area contributed by atoms with Gasteiger partial charge in [0.2, 0.25) is 5.88 Å². The van der Waals surface area contributed by atoms with Gasteiger partial charge < -0.3 is 10.1 Å². The Balaban J connectivity index is 2.05. The first-order chi connectivity index (χ1) is 8.17. The van der Waals surface area contributed by atoms with Crippen LogP contribution < -0.4 is 10.1 Å². The number of anilines is 1. The van der Waals surface area contributed by atoms with E-state index in [0.717, 1.165) is 11.4 Å². The molecule has 0 unspecified atom stereocenters. The lowest BCUT2D eigenvalue weighted by Gasteiger charge is -2.06. The number of hydrogen-bond donors (Lipinski definition) is 1. The molecular formula is C11H15N5O. The molecule has 6 nitrogen and oxygen atoms in total. The Bertz CT molecular complexity index is 508. The minimum absolute atomic E-state index is 0.561. The summed E-state index contributed by atoms with van der Waals surface area (Å²) in [5.41, 5.74) is 1.10. The maximum absolute atomic E-state index is 5.08. The van der Waals surface area contributed by atoms with Crippen molar-refractivity contribution in [2.45, 2.75) is 13.5 Å². The molecule has 0 amide bonds. The maximum Gasteiger partial charge on any atom is 0.218 e. The Morgan fingerprint density at radius 2 is 2.24 bits per heavy atom. The molecule has 0 bridgehead atoms. The smallest absolute Gasteiger partial charge is 0.218 e. The van der Waals surface area contributed by atoms with Gasteiger partial charge in [0.25, 0.3) is 0 Å². The van der Waals surface area contributed by atoms with Crippen LogP contribution in [0, 0.1) is 6.92 Å². The van der Waals surface area contributed by atoms with Gasteiger partial charge >= 0.3 is 0 Å². The van der Waals surface area contributed by atoms with Gasteiger partial charge in [-0.05, 0) is 6.92 Å². The molecule has 1 N–H and O–H groups in total. The maximum atomic E-state index is 5.08. The summed E-state index contributed by atoms with van der Waals surface area (Å²) < 4.78 is 6.85. The molecule has 2 heterocycles. The highest BCUT2D eigenvalue weighted by atomic mass is 16.5. The van der Waals surface area contributed by atoms with Crippen LogP contribution in [0.1, 0.15) is 11.4 Å². The van der Waals surface area contributed by atoms with E-state index in [1.165, 1.54) is 0 Å². The number of nitrogens with one attached hydrogen (secondary N) is 1. The second-order valence-corrected chi connectivity index (χ2v) is 3.72. The van der Waals surface area contributed by atoms with Crippen LogP contribution in [0.4, 0.5) is 5.82 Å². The lowest BCUT2D eigenvalue weighted by atomic mass is 10.3. The number of ether oxygens (including phenoxy) is 1. The summed E-state index contributed by atoms with van der Waals surface area (Å²) in [5.74, 6) is 1.99. The molecule has 17 heavy (non-hydrogen) atoms. The zero-order chi connectivity index (χ0) is 12.3. The quantitative estimate of drug-likeness (QED) is 0.857. The number of aromatic nitrogens is 4. The van der Waals surface area contributed by atoms with Crippen LogP contribution in [0.25, 0.3) is 0 Å². The molecule has 2 aromatic heterocycles. The summed E-state index contributed by atoms with van der Waals surface area (Å²) >= 11 is 0. The van der Waals surface area contributed by atoms with Crippen LogP contribution in [0.15, 0.2) is 18.5 Å². The summed E-state index contributed by atoms with van der Waals surface area (Å²) in [4.78, 5) is 8.40. The molecule has 2 aromatic rings. The average molecular weight is 233 g/mol. The van der Waals surface area contributed by atoms with E-state index >= 15 is 0 Å². The van der Waals surface area contributed by atoms with Crippen molar-refractivity contribution in [2.24, 2.45) is 7.05 Å². The van der Waals surface area contributed by atoms with Crippen molar-refractivity contribution in [2.75, 3.05) is 12.4 Å². The van der Waals surface area contributed by atoms with E-state index in [2.05, 4.69) is 20.4 Å². The van der Waals surface area contributed by atoms with Crippen LogP contribution in [0.3, 0.4) is 0 Å². The number of nitrogens with zero attached hydrogens (tertiary/aromatic N) is 4. The third-order valence-corrected chi connectivity index (χ3v) is 2.26. The van der Waals surface area contributed by atoms with Crippen LogP contribution in [-0.4, -0.2) is 26.9 Å². The molecule has 0 saturated carbocycles. The molecule has 0 saturated heterocycles. The van der Waals surface area contributed by atoms with Gasteiger partial charge in [0, 0.05) is 31.4 Å². The van der Waals surface area contributed by atoms with Gasteiger partial charge in [-0.1, -0.05) is 0 Å². The molecule has 0 radical (unpaired) electrons.